The van der Waals surface area contributed by atoms with Gasteiger partial charge in [0.25, 0.3) is 0 Å². The van der Waals surface area contributed by atoms with Crippen molar-refractivity contribution in [3.63, 3.8) is 0 Å². The highest BCUT2D eigenvalue weighted by atomic mass is 35.5. The molecule has 9 nitrogen and oxygen atoms in total. The van der Waals surface area contributed by atoms with Crippen molar-refractivity contribution in [2.45, 2.75) is 37.6 Å². The Morgan fingerprint density at radius 2 is 1.97 bits per heavy atom. The number of carbonyl (C=O) groups excluding carboxylic acids is 1. The topological polar surface area (TPSA) is 131 Å². The molecule has 2 atom stereocenters. The predicted octanol–water partition coefficient (Wildman–Crippen LogP) is 3.38. The molecule has 33 heavy (non-hydrogen) atoms. The van der Waals surface area contributed by atoms with E-state index in [1.165, 1.54) is 12.1 Å². The number of sulfonamides is 1. The molecule has 1 aromatic heterocycles. The van der Waals surface area contributed by atoms with Crippen LogP contribution >= 0.6 is 11.6 Å². The smallest absolute Gasteiger partial charge is 0.434 e. The number of H-pyrrole nitrogens is 1. The summed E-state index contributed by atoms with van der Waals surface area (Å²) in [7, 11) is -3.34. The van der Waals surface area contributed by atoms with Crippen molar-refractivity contribution in [3.05, 3.63) is 79.9 Å². The van der Waals surface area contributed by atoms with E-state index >= 15 is 0 Å². The van der Waals surface area contributed by atoms with Crippen LogP contribution in [0.5, 0.6) is 0 Å². The summed E-state index contributed by atoms with van der Waals surface area (Å²) in [5.41, 5.74) is 1.31. The highest BCUT2D eigenvalue weighted by Crippen LogP contribution is 2.35. The SMILES string of the molecule is COC(=O)c1cc(Cl)ccc1S(=O)(=O)N[C@H](c1n[nH]c(=O)o1)C(C)c1c(F)ccc(C)c1C. The van der Waals surface area contributed by atoms with Gasteiger partial charge in [-0.3, -0.25) is 0 Å². The van der Waals surface area contributed by atoms with Crippen LogP contribution in [-0.2, 0) is 14.8 Å². The third-order valence-electron chi connectivity index (χ3n) is 5.33. The lowest BCUT2D eigenvalue weighted by atomic mass is 9.88. The summed E-state index contributed by atoms with van der Waals surface area (Å²) in [5, 5.41) is 5.94. The number of halogens is 2. The second-order valence-electron chi connectivity index (χ2n) is 7.37. The minimum Gasteiger partial charge on any atom is -0.465 e. The second-order valence-corrected chi connectivity index (χ2v) is 9.49. The Labute approximate surface area is 194 Å². The molecule has 0 fully saturated rings. The van der Waals surface area contributed by atoms with Crippen LogP contribution in [0.4, 0.5) is 4.39 Å². The molecule has 176 valence electrons. The molecule has 0 spiro atoms. The first-order valence-corrected chi connectivity index (χ1v) is 11.5. The van der Waals surface area contributed by atoms with Gasteiger partial charge < -0.3 is 9.15 Å². The first-order valence-electron chi connectivity index (χ1n) is 9.67. The van der Waals surface area contributed by atoms with E-state index < -0.39 is 44.4 Å². The van der Waals surface area contributed by atoms with Gasteiger partial charge in [0.2, 0.25) is 15.9 Å². The van der Waals surface area contributed by atoms with Crippen LogP contribution in [-0.4, -0.2) is 31.7 Å². The van der Waals surface area contributed by atoms with Gasteiger partial charge in [-0.05, 0) is 54.8 Å². The van der Waals surface area contributed by atoms with Crippen molar-refractivity contribution in [1.82, 2.24) is 14.9 Å². The highest BCUT2D eigenvalue weighted by molar-refractivity contribution is 7.89. The Morgan fingerprint density at radius 3 is 2.58 bits per heavy atom. The fourth-order valence-electron chi connectivity index (χ4n) is 3.51. The van der Waals surface area contributed by atoms with Gasteiger partial charge in [0.1, 0.15) is 11.9 Å². The molecule has 0 saturated carbocycles. The molecule has 0 bridgehead atoms. The summed E-state index contributed by atoms with van der Waals surface area (Å²) >= 11 is 5.92. The van der Waals surface area contributed by atoms with Gasteiger partial charge in [0.05, 0.1) is 17.6 Å². The Balaban J connectivity index is 2.14. The number of nitrogens with zero attached hydrogens (tertiary/aromatic N) is 1. The normalized spacial score (nSPS) is 13.5. The largest absolute Gasteiger partial charge is 0.465 e. The molecule has 0 amide bonds. The molecule has 12 heteroatoms. The van der Waals surface area contributed by atoms with Crippen LogP contribution in [0.15, 0.2) is 44.4 Å². The maximum absolute atomic E-state index is 14.8. The Hall–Kier alpha value is -3.02. The Kier molecular flexibility index (Phi) is 7.06. The zero-order valence-corrected chi connectivity index (χ0v) is 19.7. The zero-order valence-electron chi connectivity index (χ0n) is 18.1. The minimum absolute atomic E-state index is 0.120. The molecule has 0 aliphatic rings. The number of hydrogen-bond acceptors (Lipinski definition) is 7. The first-order chi connectivity index (χ1) is 15.5. The number of nitrogens with one attached hydrogen (secondary N) is 2. The third-order valence-corrected chi connectivity index (χ3v) is 7.06. The van der Waals surface area contributed by atoms with E-state index in [0.717, 1.165) is 24.8 Å². The van der Waals surface area contributed by atoms with Crippen molar-refractivity contribution in [2.24, 2.45) is 0 Å². The number of aryl methyl sites for hydroxylation is 1. The number of aromatic nitrogens is 2. The van der Waals surface area contributed by atoms with Gasteiger partial charge in [0.15, 0.2) is 0 Å². The maximum Gasteiger partial charge on any atom is 0.434 e. The molecule has 3 aromatic rings. The Morgan fingerprint density at radius 1 is 1.27 bits per heavy atom. The van der Waals surface area contributed by atoms with E-state index in [2.05, 4.69) is 19.7 Å². The van der Waals surface area contributed by atoms with Crippen molar-refractivity contribution in [2.75, 3.05) is 7.11 Å². The number of hydrogen-bond donors (Lipinski definition) is 2. The van der Waals surface area contributed by atoms with Crippen LogP contribution < -0.4 is 10.5 Å². The summed E-state index contributed by atoms with van der Waals surface area (Å²) in [5.74, 6) is -3.56. The number of carbonyl (C=O) groups is 1. The first kappa shape index (κ1) is 24.6. The molecule has 0 radical (unpaired) electrons. The van der Waals surface area contributed by atoms with Gasteiger partial charge in [-0.1, -0.05) is 24.6 Å². The van der Waals surface area contributed by atoms with Gasteiger partial charge in [-0.15, -0.1) is 5.10 Å². The lowest BCUT2D eigenvalue weighted by molar-refractivity contribution is 0.0596. The van der Waals surface area contributed by atoms with Crippen LogP contribution in [0.3, 0.4) is 0 Å². The minimum atomic E-state index is -4.44. The average molecular weight is 498 g/mol. The zero-order chi connectivity index (χ0) is 24.5. The van der Waals surface area contributed by atoms with E-state index in [-0.39, 0.29) is 22.0 Å². The molecule has 0 aliphatic carbocycles. The summed E-state index contributed by atoms with van der Waals surface area (Å²) in [6, 6.07) is 5.15. The molecule has 0 saturated heterocycles. The number of benzene rings is 2. The monoisotopic (exact) mass is 497 g/mol. The van der Waals surface area contributed by atoms with Crippen molar-refractivity contribution < 1.29 is 26.8 Å². The molecule has 1 unspecified atom stereocenters. The lowest BCUT2D eigenvalue weighted by Crippen LogP contribution is -2.33. The van der Waals surface area contributed by atoms with Crippen LogP contribution in [0, 0.1) is 19.7 Å². The summed E-state index contributed by atoms with van der Waals surface area (Å²) < 4.78 is 53.5. The number of rotatable bonds is 7. The van der Waals surface area contributed by atoms with E-state index in [1.807, 2.05) is 0 Å². The highest BCUT2D eigenvalue weighted by Gasteiger charge is 2.35. The van der Waals surface area contributed by atoms with Crippen LogP contribution in [0.2, 0.25) is 5.02 Å². The summed E-state index contributed by atoms with van der Waals surface area (Å²) in [6.45, 7) is 5.05. The van der Waals surface area contributed by atoms with Crippen molar-refractivity contribution in [1.29, 1.82) is 0 Å². The Bertz CT molecular complexity index is 1370. The summed E-state index contributed by atoms with van der Waals surface area (Å²) in [4.78, 5) is 23.3. The summed E-state index contributed by atoms with van der Waals surface area (Å²) in [6.07, 6.45) is 0. The fourth-order valence-corrected chi connectivity index (χ4v) is 5.12. The van der Waals surface area contributed by atoms with Gasteiger partial charge in [-0.2, -0.15) is 4.72 Å². The molecular formula is C21H21ClFN3O6S. The molecule has 2 N–H and O–H groups in total. The van der Waals surface area contributed by atoms with Crippen molar-refractivity contribution in [3.8, 4) is 0 Å². The number of ether oxygens (including phenoxy) is 1. The van der Waals surface area contributed by atoms with Crippen molar-refractivity contribution >= 4 is 27.6 Å². The number of methoxy groups -OCH3 is 1. The second kappa shape index (κ2) is 9.46. The maximum atomic E-state index is 14.8. The average Bonchev–Trinajstić information content (AvgIpc) is 3.20. The van der Waals surface area contributed by atoms with Gasteiger partial charge in [0, 0.05) is 10.9 Å². The van der Waals surface area contributed by atoms with E-state index in [1.54, 1.807) is 26.8 Å². The molecule has 2 aromatic carbocycles. The molecule has 0 aliphatic heterocycles. The van der Waals surface area contributed by atoms with E-state index in [0.29, 0.717) is 5.56 Å². The van der Waals surface area contributed by atoms with Gasteiger partial charge >= 0.3 is 11.7 Å². The predicted molar refractivity (Wildman–Crippen MR) is 117 cm³/mol. The van der Waals surface area contributed by atoms with Crippen LogP contribution in [0.1, 0.15) is 51.8 Å². The molecule has 1 heterocycles. The molecule has 3 rings (SSSR count). The fraction of sp³-hybridized carbons (Fsp3) is 0.286. The lowest BCUT2D eigenvalue weighted by Gasteiger charge is -2.25. The van der Waals surface area contributed by atoms with Crippen LogP contribution in [0.25, 0.3) is 0 Å². The van der Waals surface area contributed by atoms with Gasteiger partial charge in [-0.25, -0.2) is 27.5 Å². The quantitative estimate of drug-likeness (QED) is 0.478. The third kappa shape index (κ3) is 5.00. The number of aromatic amines is 1. The van der Waals surface area contributed by atoms with E-state index in [9.17, 15) is 22.4 Å². The molecular weight excluding hydrogens is 477 g/mol. The standard InChI is InChI=1S/C21H21ClFN3O6S/c1-10-5-7-15(23)17(11(10)2)12(3)18(19-24-25-21(28)32-19)26-33(29,30)16-8-6-13(22)9-14(16)20(27)31-4/h5-9,12,18,26H,1-4H3,(H,25,28)/t12?,18-/m0/s1. The van der Waals surface area contributed by atoms with E-state index in [4.69, 9.17) is 16.0 Å². The number of esters is 1.